The van der Waals surface area contributed by atoms with Gasteiger partial charge < -0.3 is 35.7 Å². The van der Waals surface area contributed by atoms with E-state index in [1.165, 1.54) is 44.9 Å². The van der Waals surface area contributed by atoms with Crippen molar-refractivity contribution >= 4 is 23.1 Å². The monoisotopic (exact) mass is 1210 g/mol. The van der Waals surface area contributed by atoms with E-state index in [1.807, 2.05) is 12.2 Å². The van der Waals surface area contributed by atoms with Crippen LogP contribution in [0.1, 0.15) is 362 Å². The summed E-state index contributed by atoms with van der Waals surface area (Å²) in [6, 6.07) is 0. The third kappa shape index (κ3) is 42.4. The summed E-state index contributed by atoms with van der Waals surface area (Å²) >= 11 is 0. The van der Waals surface area contributed by atoms with E-state index in [-0.39, 0.29) is 43.4 Å². The normalized spacial score (nSPS) is 15.4. The molecule has 1 unspecified atom stereocenters. The minimum atomic E-state index is -3.05. The Balaban J connectivity index is 5.26. The van der Waals surface area contributed by atoms with Gasteiger partial charge in [0.1, 0.15) is 5.60 Å². The van der Waals surface area contributed by atoms with Crippen molar-refractivity contribution in [3.63, 3.8) is 0 Å². The molecule has 0 aliphatic heterocycles. The van der Waals surface area contributed by atoms with Gasteiger partial charge in [0.25, 0.3) is 0 Å². The highest BCUT2D eigenvalue weighted by Gasteiger charge is 2.62. The Kier molecular flexibility index (Phi) is 55.7. The van der Waals surface area contributed by atoms with Gasteiger partial charge in [-0.05, 0) is 122 Å². The van der Waals surface area contributed by atoms with Crippen LogP contribution >= 0.6 is 0 Å². The van der Waals surface area contributed by atoms with Gasteiger partial charge in [0.2, 0.25) is 5.60 Å². The molecule has 0 saturated heterocycles. The van der Waals surface area contributed by atoms with E-state index in [9.17, 15) is 54.9 Å². The number of allylic oxidation sites excluding steroid dienone is 4. The molecular weight excluding hydrogens is 1080 g/mol. The molecule has 86 heavy (non-hydrogen) atoms. The number of aliphatic hydroxyl groups excluding tert-OH is 4. The van der Waals surface area contributed by atoms with E-state index in [4.69, 9.17) is 0 Å². The van der Waals surface area contributed by atoms with Gasteiger partial charge in [0, 0.05) is 32.1 Å². The Hall–Kier alpha value is -2.64. The molecule has 0 heterocycles. The predicted octanol–water partition coefficient (Wildman–Crippen LogP) is 18.1. The number of carbonyl (C=O) groups excluding carboxylic acids is 4. The second kappa shape index (κ2) is 57.5. The summed E-state index contributed by atoms with van der Waals surface area (Å²) < 4.78 is 0. The molecule has 0 aliphatic rings. The molecule has 0 saturated carbocycles. The number of ketones is 4. The largest absolute Gasteiger partial charge is 0.393 e. The lowest BCUT2D eigenvalue weighted by Crippen LogP contribution is -2.69. The second-order valence-corrected chi connectivity index (χ2v) is 25.8. The number of aliphatic hydroxyl groups is 7. The van der Waals surface area contributed by atoms with E-state index in [1.54, 1.807) is 0 Å². The fourth-order valence-corrected chi connectivity index (χ4v) is 11.6. The Morgan fingerprint density at radius 1 is 0.326 bits per heavy atom. The predicted molar refractivity (Wildman–Crippen MR) is 359 cm³/mol. The quantitative estimate of drug-likeness (QED) is 0.0173. The van der Waals surface area contributed by atoms with E-state index >= 15 is 0 Å². The van der Waals surface area contributed by atoms with Crippen LogP contribution < -0.4 is 0 Å². The molecule has 11 heteroatoms. The van der Waals surface area contributed by atoms with Crippen LogP contribution in [0.25, 0.3) is 0 Å². The first kappa shape index (κ1) is 83.4. The number of unbranched alkanes of at least 4 members (excludes halogenated alkanes) is 32. The first-order valence-corrected chi connectivity index (χ1v) is 36.2. The zero-order valence-corrected chi connectivity index (χ0v) is 56.1. The SMILES string of the molecule is CCCCCC[C@@H](O)CC=CCCCCCCCC(=O)C(O)(C(=O)CCCCCCCC=CC[C@H](O)CCCCCC)C(O)(CO)C(=O)CCCCCCCC=CC[C@](O)(CCCCCC)C(=O)CCCCCCCC=CC[C@H](O)CCCCCC. The summed E-state index contributed by atoms with van der Waals surface area (Å²) in [4.78, 5) is 55.3. The lowest BCUT2D eigenvalue weighted by atomic mass is 9.71. The topological polar surface area (TPSA) is 210 Å². The summed E-state index contributed by atoms with van der Waals surface area (Å²) in [5.41, 5.74) is -7.35. The van der Waals surface area contributed by atoms with Gasteiger partial charge in [-0.25, -0.2) is 0 Å². The molecule has 0 radical (unpaired) electrons. The summed E-state index contributed by atoms with van der Waals surface area (Å²) in [6.45, 7) is 7.46. The summed E-state index contributed by atoms with van der Waals surface area (Å²) in [5.74, 6) is -2.80. The van der Waals surface area contributed by atoms with E-state index in [2.05, 4.69) is 64.2 Å². The number of hydrogen-bond acceptors (Lipinski definition) is 11. The van der Waals surface area contributed by atoms with Crippen molar-refractivity contribution < 1.29 is 54.9 Å². The Labute approximate surface area is 527 Å². The third-order valence-corrected chi connectivity index (χ3v) is 17.7. The van der Waals surface area contributed by atoms with Gasteiger partial charge in [-0.15, -0.1) is 0 Å². The highest BCUT2D eigenvalue weighted by molar-refractivity contribution is 6.16. The molecule has 502 valence electrons. The third-order valence-electron chi connectivity index (χ3n) is 17.7. The van der Waals surface area contributed by atoms with Crippen molar-refractivity contribution in [1.29, 1.82) is 0 Å². The van der Waals surface area contributed by atoms with Crippen molar-refractivity contribution in [2.24, 2.45) is 0 Å². The smallest absolute Gasteiger partial charge is 0.219 e. The molecule has 0 fully saturated rings. The average Bonchev–Trinajstić information content (AvgIpc) is 1.39. The summed E-state index contributed by atoms with van der Waals surface area (Å²) in [5, 5.41) is 76.9. The van der Waals surface area contributed by atoms with Gasteiger partial charge in [0.15, 0.2) is 28.7 Å². The fourth-order valence-electron chi connectivity index (χ4n) is 11.6. The molecule has 7 N–H and O–H groups in total. The standard InChI is InChI=1S/C75H136O11/c1-5-9-13-41-53-66(77)56-44-33-25-17-20-28-36-47-59-69(80)73(84,63-51-16-12-8-4)64-52-40-32-24-23-29-37-48-60-70(81)74(85,65-76)75(86,71(82)61-49-38-30-21-18-26-34-45-57-67(78)54-42-14-10-6-2)72(83)62-50-39-31-22-19-27-35-46-58-68(79)55-43-15-11-7-3/h33-35,40,44-46,52,66-68,76-79,84-86H,5-32,36-39,41-43,47-51,53-65H2,1-4H3/t66-,67-,68-,73-,74?,75?/m1/s1. The average molecular weight is 1210 g/mol. The molecule has 0 aliphatic carbocycles. The Bertz CT molecular complexity index is 1680. The zero-order chi connectivity index (χ0) is 63.7. The van der Waals surface area contributed by atoms with E-state index < -0.39 is 40.8 Å². The first-order chi connectivity index (χ1) is 41.6. The second-order valence-electron chi connectivity index (χ2n) is 25.8. The molecule has 0 aromatic rings. The molecule has 0 spiro atoms. The van der Waals surface area contributed by atoms with Gasteiger partial charge in [-0.1, -0.05) is 256 Å². The maximum absolute atomic E-state index is 14.0. The summed E-state index contributed by atoms with van der Waals surface area (Å²) in [6.07, 6.45) is 58.4. The maximum Gasteiger partial charge on any atom is 0.219 e. The minimum absolute atomic E-state index is 0.0601. The van der Waals surface area contributed by atoms with Crippen molar-refractivity contribution in [3.8, 4) is 0 Å². The molecule has 0 bridgehead atoms. The van der Waals surface area contributed by atoms with Crippen LogP contribution in [0.3, 0.4) is 0 Å². The zero-order valence-electron chi connectivity index (χ0n) is 56.1. The number of Topliss-reactive ketones (excluding diaryl/α,β-unsaturated/α-hetero) is 4. The van der Waals surface area contributed by atoms with Gasteiger partial charge in [-0.2, -0.15) is 0 Å². The first-order valence-electron chi connectivity index (χ1n) is 36.2. The van der Waals surface area contributed by atoms with Crippen molar-refractivity contribution in [2.75, 3.05) is 6.61 Å². The summed E-state index contributed by atoms with van der Waals surface area (Å²) in [7, 11) is 0. The van der Waals surface area contributed by atoms with Gasteiger partial charge in [0.05, 0.1) is 24.9 Å². The number of carbonyl (C=O) groups is 4. The van der Waals surface area contributed by atoms with Crippen molar-refractivity contribution in [1.82, 2.24) is 0 Å². The van der Waals surface area contributed by atoms with Crippen LogP contribution in [0.15, 0.2) is 48.6 Å². The number of rotatable bonds is 66. The fraction of sp³-hybridized carbons (Fsp3) is 0.840. The van der Waals surface area contributed by atoms with Crippen molar-refractivity contribution in [2.45, 2.75) is 397 Å². The van der Waals surface area contributed by atoms with Crippen LogP contribution in [-0.4, -0.2) is 101 Å². The highest BCUT2D eigenvalue weighted by Crippen LogP contribution is 2.33. The molecular formula is C75H136O11. The molecule has 11 nitrogen and oxygen atoms in total. The molecule has 0 aromatic heterocycles. The van der Waals surface area contributed by atoms with Crippen LogP contribution in [0.5, 0.6) is 0 Å². The lowest BCUT2D eigenvalue weighted by molar-refractivity contribution is -0.194. The van der Waals surface area contributed by atoms with E-state index in [0.29, 0.717) is 70.6 Å². The Morgan fingerprint density at radius 2 is 0.605 bits per heavy atom. The Morgan fingerprint density at radius 3 is 0.942 bits per heavy atom. The van der Waals surface area contributed by atoms with Crippen LogP contribution in [0, 0.1) is 0 Å². The molecule has 0 rings (SSSR count). The van der Waals surface area contributed by atoms with Crippen molar-refractivity contribution in [3.05, 3.63) is 48.6 Å². The number of hydrogen-bond donors (Lipinski definition) is 7. The molecule has 5 atom stereocenters. The van der Waals surface area contributed by atoms with Crippen LogP contribution in [0.2, 0.25) is 0 Å². The van der Waals surface area contributed by atoms with Gasteiger partial charge >= 0.3 is 0 Å². The van der Waals surface area contributed by atoms with Gasteiger partial charge in [-0.3, -0.25) is 19.2 Å². The minimum Gasteiger partial charge on any atom is -0.393 e. The highest BCUT2D eigenvalue weighted by atomic mass is 16.4. The molecule has 0 amide bonds. The van der Waals surface area contributed by atoms with E-state index in [0.717, 1.165) is 199 Å². The molecule has 0 aromatic carbocycles. The van der Waals surface area contributed by atoms with Crippen LogP contribution in [-0.2, 0) is 19.2 Å². The lowest BCUT2D eigenvalue weighted by Gasteiger charge is -2.39. The maximum atomic E-state index is 14.0. The van der Waals surface area contributed by atoms with Crippen LogP contribution in [0.4, 0.5) is 0 Å².